The number of likely N-dealkylation sites (tertiary alicyclic amines) is 1. The first-order chi connectivity index (χ1) is 14.4. The number of hydrogen-bond donors (Lipinski definition) is 1. The molecule has 0 bridgehead atoms. The monoisotopic (exact) mass is 417 g/mol. The van der Waals surface area contributed by atoms with Crippen molar-refractivity contribution in [2.24, 2.45) is 0 Å². The topological polar surface area (TPSA) is 96.0 Å². The van der Waals surface area contributed by atoms with Gasteiger partial charge in [0.1, 0.15) is 6.54 Å². The number of amides is 3. The summed E-state index contributed by atoms with van der Waals surface area (Å²) in [5.74, 6) is -1.42. The zero-order valence-corrected chi connectivity index (χ0v) is 17.8. The van der Waals surface area contributed by atoms with Crippen molar-refractivity contribution >= 4 is 29.4 Å². The Hall–Kier alpha value is -2.90. The van der Waals surface area contributed by atoms with Gasteiger partial charge in [0, 0.05) is 25.2 Å². The third-order valence-electron chi connectivity index (χ3n) is 4.95. The first-order valence-electron chi connectivity index (χ1n) is 10.5. The van der Waals surface area contributed by atoms with Crippen molar-refractivity contribution in [1.29, 1.82) is 0 Å². The number of para-hydroxylation sites is 1. The lowest BCUT2D eigenvalue weighted by molar-refractivity contribution is -0.155. The van der Waals surface area contributed by atoms with Crippen molar-refractivity contribution in [2.75, 3.05) is 38.1 Å². The summed E-state index contributed by atoms with van der Waals surface area (Å²) >= 11 is 0. The van der Waals surface area contributed by atoms with Gasteiger partial charge in [-0.25, -0.2) is 0 Å². The van der Waals surface area contributed by atoms with Crippen LogP contribution in [0.4, 0.5) is 5.69 Å². The number of anilines is 1. The Morgan fingerprint density at radius 3 is 2.67 bits per heavy atom. The summed E-state index contributed by atoms with van der Waals surface area (Å²) in [5, 5.41) is 2.80. The van der Waals surface area contributed by atoms with Crippen molar-refractivity contribution in [2.45, 2.75) is 46.0 Å². The molecule has 0 saturated carbocycles. The number of carbonyl (C=O) groups excluding carboxylic acids is 4. The number of esters is 1. The first-order valence-corrected chi connectivity index (χ1v) is 10.5. The Morgan fingerprint density at radius 1 is 1.17 bits per heavy atom. The maximum absolute atomic E-state index is 12.5. The van der Waals surface area contributed by atoms with E-state index >= 15 is 0 Å². The van der Waals surface area contributed by atoms with E-state index in [0.717, 1.165) is 24.8 Å². The second-order valence-electron chi connectivity index (χ2n) is 7.47. The Kier molecular flexibility index (Phi) is 9.31. The van der Waals surface area contributed by atoms with Crippen LogP contribution in [0.3, 0.4) is 0 Å². The molecule has 1 saturated heterocycles. The lowest BCUT2D eigenvalue weighted by Gasteiger charge is -2.22. The molecule has 8 nitrogen and oxygen atoms in total. The molecule has 0 spiro atoms. The van der Waals surface area contributed by atoms with Crippen molar-refractivity contribution in [3.8, 4) is 0 Å². The van der Waals surface area contributed by atoms with E-state index in [4.69, 9.17) is 4.74 Å². The highest BCUT2D eigenvalue weighted by Gasteiger charge is 2.22. The number of nitrogens with zero attached hydrogens (tertiary/aromatic N) is 2. The molecule has 0 unspecified atom stereocenters. The zero-order chi connectivity index (χ0) is 21.9. The Labute approximate surface area is 177 Å². The molecule has 1 aliphatic rings. The number of nitrogens with one attached hydrogen (secondary N) is 1. The molecule has 8 heteroatoms. The van der Waals surface area contributed by atoms with Gasteiger partial charge >= 0.3 is 5.97 Å². The van der Waals surface area contributed by atoms with Gasteiger partial charge in [-0.3, -0.25) is 19.2 Å². The molecular weight excluding hydrogens is 386 g/mol. The number of carbonyl (C=O) groups is 4. The fraction of sp³-hybridized carbons (Fsp3) is 0.545. The van der Waals surface area contributed by atoms with Gasteiger partial charge in [-0.15, -0.1) is 0 Å². The van der Waals surface area contributed by atoms with Crippen LogP contribution in [-0.2, 0) is 23.9 Å². The van der Waals surface area contributed by atoms with Gasteiger partial charge in [0.05, 0.1) is 6.54 Å². The molecule has 1 N–H and O–H groups in total. The molecule has 1 aliphatic heterocycles. The van der Waals surface area contributed by atoms with Gasteiger partial charge in [0.2, 0.25) is 11.8 Å². The summed E-state index contributed by atoms with van der Waals surface area (Å²) in [7, 11) is 0. The molecule has 0 aromatic heterocycles. The summed E-state index contributed by atoms with van der Waals surface area (Å²) in [4.78, 5) is 51.8. The van der Waals surface area contributed by atoms with E-state index in [1.54, 1.807) is 6.07 Å². The average Bonchev–Trinajstić information content (AvgIpc) is 2.92. The first kappa shape index (κ1) is 23.4. The number of ether oxygens (including phenoxy) is 1. The highest BCUT2D eigenvalue weighted by molar-refractivity contribution is 5.95. The van der Waals surface area contributed by atoms with Crippen LogP contribution in [0.15, 0.2) is 24.3 Å². The molecule has 0 atom stereocenters. The minimum atomic E-state index is -0.612. The average molecular weight is 418 g/mol. The number of rotatable bonds is 9. The molecule has 1 heterocycles. The molecule has 164 valence electrons. The van der Waals surface area contributed by atoms with E-state index in [9.17, 15) is 19.2 Å². The number of aryl methyl sites for hydroxylation is 1. The molecule has 3 amide bonds. The predicted octanol–water partition coefficient (Wildman–Crippen LogP) is 2.12. The smallest absolute Gasteiger partial charge is 0.326 e. The molecule has 0 radical (unpaired) electrons. The summed E-state index contributed by atoms with van der Waals surface area (Å²) in [5.41, 5.74) is 1.62. The second kappa shape index (κ2) is 11.9. The highest BCUT2D eigenvalue weighted by Crippen LogP contribution is 2.13. The predicted molar refractivity (Wildman–Crippen MR) is 113 cm³/mol. The molecule has 1 aromatic carbocycles. The maximum Gasteiger partial charge on any atom is 0.326 e. The van der Waals surface area contributed by atoms with Gasteiger partial charge in [-0.05, 0) is 37.8 Å². The maximum atomic E-state index is 12.5. The van der Waals surface area contributed by atoms with Crippen molar-refractivity contribution in [3.05, 3.63) is 29.8 Å². The van der Waals surface area contributed by atoms with Crippen LogP contribution in [0, 0.1) is 6.92 Å². The summed E-state index contributed by atoms with van der Waals surface area (Å²) in [6, 6.07) is 7.39. The van der Waals surface area contributed by atoms with Gasteiger partial charge in [-0.2, -0.15) is 0 Å². The van der Waals surface area contributed by atoms with E-state index in [2.05, 4.69) is 5.32 Å². The van der Waals surface area contributed by atoms with Crippen LogP contribution in [-0.4, -0.2) is 66.3 Å². The van der Waals surface area contributed by atoms with Crippen molar-refractivity contribution < 1.29 is 23.9 Å². The molecule has 2 rings (SSSR count). The van der Waals surface area contributed by atoms with E-state index in [1.807, 2.05) is 32.0 Å². The van der Waals surface area contributed by atoms with Crippen LogP contribution in [0.25, 0.3) is 0 Å². The van der Waals surface area contributed by atoms with E-state index in [1.165, 1.54) is 9.80 Å². The number of hydrogen-bond acceptors (Lipinski definition) is 5. The van der Waals surface area contributed by atoms with Crippen LogP contribution in [0.1, 0.15) is 44.6 Å². The molecule has 1 fully saturated rings. The van der Waals surface area contributed by atoms with Gasteiger partial charge in [0.25, 0.3) is 5.91 Å². The standard InChI is InChI=1S/C22H31N3O5/c1-3-12-24(14-19(26)23-18-10-7-6-9-17(18)2)21(28)16-30-22(29)15-25-13-8-4-5-11-20(25)27/h6-7,9-10H,3-5,8,11-16H2,1-2H3,(H,23,26). The third kappa shape index (κ3) is 7.50. The van der Waals surface area contributed by atoms with Crippen LogP contribution in [0.5, 0.6) is 0 Å². The normalized spacial score (nSPS) is 14.1. The fourth-order valence-corrected chi connectivity index (χ4v) is 3.28. The zero-order valence-electron chi connectivity index (χ0n) is 17.8. The summed E-state index contributed by atoms with van der Waals surface area (Å²) in [6.07, 6.45) is 3.76. The molecular formula is C22H31N3O5. The van der Waals surface area contributed by atoms with Gasteiger partial charge in [0.15, 0.2) is 6.61 Å². The Balaban J connectivity index is 1.83. The SMILES string of the molecule is CCCN(CC(=O)Nc1ccccc1C)C(=O)COC(=O)CN1CCCCCC1=O. The lowest BCUT2D eigenvalue weighted by atomic mass is 10.2. The van der Waals surface area contributed by atoms with E-state index in [0.29, 0.717) is 31.6 Å². The van der Waals surface area contributed by atoms with E-state index in [-0.39, 0.29) is 24.9 Å². The minimum absolute atomic E-state index is 0.0590. The highest BCUT2D eigenvalue weighted by atomic mass is 16.5. The van der Waals surface area contributed by atoms with Crippen molar-refractivity contribution in [1.82, 2.24) is 9.80 Å². The van der Waals surface area contributed by atoms with Crippen LogP contribution in [0.2, 0.25) is 0 Å². The quantitative estimate of drug-likeness (QED) is 0.621. The molecule has 30 heavy (non-hydrogen) atoms. The Morgan fingerprint density at radius 2 is 1.93 bits per heavy atom. The molecule has 0 aliphatic carbocycles. The minimum Gasteiger partial charge on any atom is -0.454 e. The van der Waals surface area contributed by atoms with Gasteiger partial charge < -0.3 is 19.9 Å². The second-order valence-corrected chi connectivity index (χ2v) is 7.47. The molecule has 1 aromatic rings. The van der Waals surface area contributed by atoms with Gasteiger partial charge in [-0.1, -0.05) is 31.5 Å². The third-order valence-corrected chi connectivity index (χ3v) is 4.95. The lowest BCUT2D eigenvalue weighted by Crippen LogP contribution is -2.42. The van der Waals surface area contributed by atoms with E-state index < -0.39 is 18.5 Å². The van der Waals surface area contributed by atoms with Crippen molar-refractivity contribution in [3.63, 3.8) is 0 Å². The van der Waals surface area contributed by atoms with Crippen LogP contribution >= 0.6 is 0 Å². The number of benzene rings is 1. The summed E-state index contributed by atoms with van der Waals surface area (Å²) in [6.45, 7) is 3.98. The fourth-order valence-electron chi connectivity index (χ4n) is 3.28. The largest absolute Gasteiger partial charge is 0.454 e. The van der Waals surface area contributed by atoms with Crippen LogP contribution < -0.4 is 5.32 Å². The summed E-state index contributed by atoms with van der Waals surface area (Å²) < 4.78 is 5.09. The Bertz CT molecular complexity index is 765.